The standard InChI is InChI=1S/C20H28N4O4/c1-13(2)17-9-18(28-22-17)20(27)24-6-4-5-23(7-8-24)11-16-15(12-25)10-21-14(3)19(16)26/h9-10,13,25-26H,4-8,11-12H2,1-3H3. The second-order valence-corrected chi connectivity index (χ2v) is 7.55. The van der Waals surface area contributed by atoms with Gasteiger partial charge in [0.15, 0.2) is 0 Å². The number of carbonyl (C=O) groups excluding carboxylic acids is 1. The highest BCUT2D eigenvalue weighted by Gasteiger charge is 2.25. The number of hydrogen-bond acceptors (Lipinski definition) is 7. The largest absolute Gasteiger partial charge is 0.506 e. The van der Waals surface area contributed by atoms with Gasteiger partial charge < -0.3 is 19.6 Å². The van der Waals surface area contributed by atoms with E-state index in [2.05, 4.69) is 15.0 Å². The fourth-order valence-corrected chi connectivity index (χ4v) is 3.37. The molecule has 2 aromatic heterocycles. The fraction of sp³-hybridized carbons (Fsp3) is 0.550. The molecular weight excluding hydrogens is 360 g/mol. The molecule has 1 aliphatic heterocycles. The number of carbonyl (C=O) groups is 1. The van der Waals surface area contributed by atoms with Crippen molar-refractivity contribution in [3.8, 4) is 5.75 Å². The first kappa shape index (κ1) is 20.3. The zero-order valence-corrected chi connectivity index (χ0v) is 16.7. The van der Waals surface area contributed by atoms with Crippen LogP contribution in [0.25, 0.3) is 0 Å². The van der Waals surface area contributed by atoms with E-state index in [1.807, 2.05) is 13.8 Å². The van der Waals surface area contributed by atoms with Crippen LogP contribution >= 0.6 is 0 Å². The maximum atomic E-state index is 12.7. The lowest BCUT2D eigenvalue weighted by molar-refractivity contribution is 0.0719. The SMILES string of the molecule is Cc1ncc(CO)c(CN2CCCN(C(=O)c3cc(C(C)C)no3)CC2)c1O. The van der Waals surface area contributed by atoms with Crippen LogP contribution in [0.1, 0.15) is 59.3 Å². The van der Waals surface area contributed by atoms with Crippen molar-refractivity contribution in [3.05, 3.63) is 40.5 Å². The minimum atomic E-state index is -0.168. The zero-order chi connectivity index (χ0) is 20.3. The van der Waals surface area contributed by atoms with Crippen LogP contribution in [0, 0.1) is 6.92 Å². The fourth-order valence-electron chi connectivity index (χ4n) is 3.37. The Hall–Kier alpha value is -2.45. The number of aryl methyl sites for hydroxylation is 1. The first-order chi connectivity index (χ1) is 13.4. The maximum Gasteiger partial charge on any atom is 0.292 e. The summed E-state index contributed by atoms with van der Waals surface area (Å²) in [6.45, 7) is 8.76. The highest BCUT2D eigenvalue weighted by Crippen LogP contribution is 2.26. The van der Waals surface area contributed by atoms with Gasteiger partial charge in [-0.3, -0.25) is 14.7 Å². The van der Waals surface area contributed by atoms with Crippen LogP contribution in [0.3, 0.4) is 0 Å². The number of aliphatic hydroxyl groups is 1. The Morgan fingerprint density at radius 2 is 2.07 bits per heavy atom. The van der Waals surface area contributed by atoms with Crippen molar-refractivity contribution < 1.29 is 19.5 Å². The molecule has 1 amide bonds. The minimum Gasteiger partial charge on any atom is -0.506 e. The van der Waals surface area contributed by atoms with Crippen molar-refractivity contribution in [1.82, 2.24) is 19.9 Å². The average molecular weight is 388 g/mol. The summed E-state index contributed by atoms with van der Waals surface area (Å²) in [5, 5.41) is 23.9. The van der Waals surface area contributed by atoms with E-state index in [-0.39, 0.29) is 29.9 Å². The summed E-state index contributed by atoms with van der Waals surface area (Å²) in [7, 11) is 0. The molecule has 0 atom stereocenters. The number of rotatable bonds is 5. The van der Waals surface area contributed by atoms with Crippen molar-refractivity contribution in [2.24, 2.45) is 0 Å². The highest BCUT2D eigenvalue weighted by molar-refractivity contribution is 5.91. The molecule has 1 aliphatic rings. The summed E-state index contributed by atoms with van der Waals surface area (Å²) in [5.74, 6) is 0.482. The van der Waals surface area contributed by atoms with E-state index in [0.29, 0.717) is 43.0 Å². The smallest absolute Gasteiger partial charge is 0.292 e. The van der Waals surface area contributed by atoms with E-state index in [4.69, 9.17) is 4.52 Å². The van der Waals surface area contributed by atoms with Crippen LogP contribution in [0.4, 0.5) is 0 Å². The molecule has 8 nitrogen and oxygen atoms in total. The zero-order valence-electron chi connectivity index (χ0n) is 16.7. The van der Waals surface area contributed by atoms with E-state index in [0.717, 1.165) is 18.7 Å². The number of aliphatic hydroxyl groups excluding tert-OH is 1. The second kappa shape index (κ2) is 8.70. The van der Waals surface area contributed by atoms with Gasteiger partial charge in [-0.1, -0.05) is 19.0 Å². The summed E-state index contributed by atoms with van der Waals surface area (Å²) in [5.41, 5.74) is 2.65. The monoisotopic (exact) mass is 388 g/mol. The minimum absolute atomic E-state index is 0.131. The molecule has 0 aliphatic carbocycles. The third-order valence-electron chi connectivity index (χ3n) is 5.19. The summed E-state index contributed by atoms with van der Waals surface area (Å²) in [4.78, 5) is 20.8. The summed E-state index contributed by atoms with van der Waals surface area (Å²) in [6, 6.07) is 1.72. The van der Waals surface area contributed by atoms with Crippen molar-refractivity contribution in [2.75, 3.05) is 26.2 Å². The Bertz CT molecular complexity index is 834. The Morgan fingerprint density at radius 3 is 2.75 bits per heavy atom. The van der Waals surface area contributed by atoms with Gasteiger partial charge in [0, 0.05) is 56.1 Å². The van der Waals surface area contributed by atoms with Gasteiger partial charge in [-0.05, 0) is 19.3 Å². The molecule has 3 heterocycles. The molecule has 8 heteroatoms. The van der Waals surface area contributed by atoms with Crippen molar-refractivity contribution >= 4 is 5.91 Å². The molecule has 28 heavy (non-hydrogen) atoms. The van der Waals surface area contributed by atoms with E-state index >= 15 is 0 Å². The number of hydrogen-bond donors (Lipinski definition) is 2. The summed E-state index contributed by atoms with van der Waals surface area (Å²) in [6.07, 6.45) is 2.42. The number of amides is 1. The van der Waals surface area contributed by atoms with Gasteiger partial charge in [0.25, 0.3) is 5.91 Å². The van der Waals surface area contributed by atoms with E-state index < -0.39 is 0 Å². The van der Waals surface area contributed by atoms with Crippen LogP contribution in [-0.2, 0) is 13.2 Å². The Labute approximate surface area is 164 Å². The van der Waals surface area contributed by atoms with Crippen LogP contribution < -0.4 is 0 Å². The molecule has 0 bridgehead atoms. The van der Waals surface area contributed by atoms with E-state index in [1.165, 1.54) is 0 Å². The molecule has 0 aromatic carbocycles. The van der Waals surface area contributed by atoms with Crippen LogP contribution in [0.15, 0.2) is 16.8 Å². The Morgan fingerprint density at radius 1 is 1.29 bits per heavy atom. The predicted molar refractivity (Wildman–Crippen MR) is 103 cm³/mol. The first-order valence-corrected chi connectivity index (χ1v) is 9.66. The molecule has 1 saturated heterocycles. The number of pyridine rings is 1. The molecule has 2 aromatic rings. The van der Waals surface area contributed by atoms with Gasteiger partial charge >= 0.3 is 0 Å². The molecule has 0 radical (unpaired) electrons. The third-order valence-corrected chi connectivity index (χ3v) is 5.19. The molecule has 0 spiro atoms. The first-order valence-electron chi connectivity index (χ1n) is 9.66. The quantitative estimate of drug-likeness (QED) is 0.808. The molecule has 1 fully saturated rings. The maximum absolute atomic E-state index is 12.7. The predicted octanol–water partition coefficient (Wildman–Crippen LogP) is 2.05. The lowest BCUT2D eigenvalue weighted by Crippen LogP contribution is -2.35. The van der Waals surface area contributed by atoms with Gasteiger partial charge in [-0.2, -0.15) is 0 Å². The van der Waals surface area contributed by atoms with Crippen LogP contribution in [-0.4, -0.2) is 62.2 Å². The van der Waals surface area contributed by atoms with Gasteiger partial charge in [0.2, 0.25) is 5.76 Å². The van der Waals surface area contributed by atoms with Crippen LogP contribution in [0.5, 0.6) is 5.75 Å². The lowest BCUT2D eigenvalue weighted by atomic mass is 10.1. The van der Waals surface area contributed by atoms with Crippen molar-refractivity contribution in [1.29, 1.82) is 0 Å². The van der Waals surface area contributed by atoms with Gasteiger partial charge in [0.05, 0.1) is 18.0 Å². The molecule has 152 valence electrons. The molecular formula is C20H28N4O4. The summed E-state index contributed by atoms with van der Waals surface area (Å²) < 4.78 is 5.24. The highest BCUT2D eigenvalue weighted by atomic mass is 16.5. The number of aromatic nitrogens is 2. The van der Waals surface area contributed by atoms with Gasteiger partial charge in [-0.15, -0.1) is 0 Å². The topological polar surface area (TPSA) is 103 Å². The Kier molecular flexibility index (Phi) is 6.31. The van der Waals surface area contributed by atoms with Gasteiger partial charge in [-0.25, -0.2) is 0 Å². The van der Waals surface area contributed by atoms with E-state index in [1.54, 1.807) is 24.1 Å². The summed E-state index contributed by atoms with van der Waals surface area (Å²) >= 11 is 0. The van der Waals surface area contributed by atoms with Crippen molar-refractivity contribution in [2.45, 2.75) is 46.3 Å². The Balaban J connectivity index is 1.67. The van der Waals surface area contributed by atoms with Crippen LogP contribution in [0.2, 0.25) is 0 Å². The van der Waals surface area contributed by atoms with Crippen molar-refractivity contribution in [3.63, 3.8) is 0 Å². The van der Waals surface area contributed by atoms with E-state index in [9.17, 15) is 15.0 Å². The normalized spacial score (nSPS) is 15.8. The second-order valence-electron chi connectivity index (χ2n) is 7.55. The average Bonchev–Trinajstić information content (AvgIpc) is 3.06. The molecule has 0 saturated carbocycles. The molecule has 2 N–H and O–H groups in total. The third kappa shape index (κ3) is 4.34. The molecule has 3 rings (SSSR count). The lowest BCUT2D eigenvalue weighted by Gasteiger charge is -2.23. The van der Waals surface area contributed by atoms with Gasteiger partial charge in [0.1, 0.15) is 5.75 Å². The number of nitrogens with zero attached hydrogens (tertiary/aromatic N) is 4. The molecule has 0 unspecified atom stereocenters. The number of aromatic hydroxyl groups is 1.